The van der Waals surface area contributed by atoms with E-state index in [-0.39, 0.29) is 47.9 Å². The van der Waals surface area contributed by atoms with Gasteiger partial charge in [-0.05, 0) is 93.1 Å². The molecule has 2 N–H and O–H groups in total. The van der Waals surface area contributed by atoms with Gasteiger partial charge in [0, 0.05) is 25.2 Å². The monoisotopic (exact) mass is 585 g/mol. The molecule has 4 saturated carbocycles. The molecular weight excluding hydrogens is 542 g/mol. The van der Waals surface area contributed by atoms with Gasteiger partial charge >= 0.3 is 0 Å². The molecule has 2 unspecified atom stereocenters. The minimum Gasteiger partial charge on any atom is -0.344 e. The summed E-state index contributed by atoms with van der Waals surface area (Å²) in [5, 5.41) is 16.2. The smallest absolute Gasteiger partial charge is 0.246 e. The molecule has 4 aliphatic carbocycles. The zero-order chi connectivity index (χ0) is 30.5. The number of benzene rings is 1. The molecule has 6 atom stereocenters. The van der Waals surface area contributed by atoms with Crippen molar-refractivity contribution in [3.63, 3.8) is 0 Å². The Morgan fingerprint density at radius 2 is 1.81 bits per heavy atom. The van der Waals surface area contributed by atoms with Crippen molar-refractivity contribution in [2.45, 2.75) is 96.2 Å². The average Bonchev–Trinajstić information content (AvgIpc) is 3.68. The van der Waals surface area contributed by atoms with E-state index in [1.54, 1.807) is 11.8 Å². The molecule has 2 bridgehead atoms. The highest BCUT2D eigenvalue weighted by atomic mass is 16.2. The number of hydrogen-bond acceptors (Lipinski definition) is 5. The van der Waals surface area contributed by atoms with Crippen LogP contribution in [0, 0.1) is 45.8 Å². The van der Waals surface area contributed by atoms with Crippen LogP contribution in [0.1, 0.15) is 78.2 Å². The van der Waals surface area contributed by atoms with Gasteiger partial charge in [0.25, 0.3) is 0 Å². The third-order valence-corrected chi connectivity index (χ3v) is 12.4. The van der Waals surface area contributed by atoms with Crippen molar-refractivity contribution in [2.75, 3.05) is 18.4 Å². The molecule has 1 aromatic carbocycles. The summed E-state index contributed by atoms with van der Waals surface area (Å²) in [6, 6.07) is 7.36. The van der Waals surface area contributed by atoms with Crippen molar-refractivity contribution >= 4 is 29.3 Å². The first kappa shape index (κ1) is 28.4. The number of hydrogen-bond donors (Lipinski definition) is 2. The van der Waals surface area contributed by atoms with Gasteiger partial charge < -0.3 is 20.4 Å². The highest BCUT2D eigenvalue weighted by Gasteiger charge is 2.78. The van der Waals surface area contributed by atoms with E-state index in [4.69, 9.17) is 0 Å². The van der Waals surface area contributed by atoms with E-state index in [1.165, 1.54) is 17.7 Å². The van der Waals surface area contributed by atoms with Crippen LogP contribution in [0.4, 0.5) is 5.69 Å². The quantitative estimate of drug-likeness (QED) is 0.483. The second-order valence-electron chi connectivity index (χ2n) is 14.9. The third-order valence-electron chi connectivity index (χ3n) is 12.4. The van der Waals surface area contributed by atoms with Crippen molar-refractivity contribution in [2.24, 2.45) is 34.5 Å². The Morgan fingerprint density at radius 3 is 2.42 bits per heavy atom. The van der Waals surface area contributed by atoms with Gasteiger partial charge in [0.2, 0.25) is 23.6 Å². The summed E-state index contributed by atoms with van der Waals surface area (Å²) >= 11 is 0. The minimum atomic E-state index is -0.990. The molecule has 7 rings (SSSR count). The van der Waals surface area contributed by atoms with Crippen molar-refractivity contribution in [1.82, 2.24) is 15.1 Å². The fraction of sp³-hybridized carbons (Fsp3) is 0.676. The van der Waals surface area contributed by atoms with Crippen LogP contribution in [-0.2, 0) is 24.6 Å². The van der Waals surface area contributed by atoms with Crippen LogP contribution in [0.15, 0.2) is 24.3 Å². The highest BCUT2D eigenvalue weighted by molar-refractivity contribution is 6.07. The van der Waals surface area contributed by atoms with Crippen LogP contribution >= 0.6 is 0 Å². The zero-order valence-corrected chi connectivity index (χ0v) is 25.7. The van der Waals surface area contributed by atoms with Crippen LogP contribution in [0.5, 0.6) is 0 Å². The van der Waals surface area contributed by atoms with Crippen molar-refractivity contribution < 1.29 is 19.2 Å². The number of rotatable bonds is 8. The maximum absolute atomic E-state index is 14.4. The molecule has 5 fully saturated rings. The second-order valence-corrected chi connectivity index (χ2v) is 14.9. The first-order valence-corrected chi connectivity index (χ1v) is 16.2. The van der Waals surface area contributed by atoms with Gasteiger partial charge in [-0.2, -0.15) is 5.26 Å². The van der Waals surface area contributed by atoms with Gasteiger partial charge in [0.05, 0.1) is 16.9 Å². The fourth-order valence-electron chi connectivity index (χ4n) is 10.5. The molecule has 0 aromatic heterocycles. The van der Waals surface area contributed by atoms with Crippen LogP contribution in [0.25, 0.3) is 0 Å². The number of nitrogens with one attached hydrogen (secondary N) is 2. The summed E-state index contributed by atoms with van der Waals surface area (Å²) < 4.78 is 0. The summed E-state index contributed by atoms with van der Waals surface area (Å²) in [5.41, 5.74) is 0.599. The maximum Gasteiger partial charge on any atom is 0.246 e. The summed E-state index contributed by atoms with van der Waals surface area (Å²) in [6.07, 6.45) is 6.02. The van der Waals surface area contributed by atoms with Gasteiger partial charge in [-0.1, -0.05) is 32.0 Å². The van der Waals surface area contributed by atoms with Crippen molar-refractivity contribution in [3.05, 3.63) is 29.8 Å². The van der Waals surface area contributed by atoms with Crippen LogP contribution in [-0.4, -0.2) is 64.6 Å². The Morgan fingerprint density at radius 1 is 1.12 bits per heavy atom. The number of nitrogens with zero attached hydrogens (tertiary/aromatic N) is 3. The van der Waals surface area contributed by atoms with E-state index in [0.29, 0.717) is 35.9 Å². The van der Waals surface area contributed by atoms with Crippen molar-refractivity contribution in [1.29, 1.82) is 5.26 Å². The van der Waals surface area contributed by atoms with Crippen LogP contribution in [0.3, 0.4) is 0 Å². The summed E-state index contributed by atoms with van der Waals surface area (Å²) in [6.45, 7) is 7.98. The molecule has 2 spiro atoms. The topological polar surface area (TPSA) is 123 Å². The molecule has 2 aliphatic heterocycles. The molecule has 43 heavy (non-hydrogen) atoms. The fourth-order valence-corrected chi connectivity index (χ4v) is 10.5. The number of carbonyl (C=O) groups is 4. The van der Waals surface area contributed by atoms with E-state index in [2.05, 4.69) is 16.7 Å². The van der Waals surface area contributed by atoms with Gasteiger partial charge in [0.1, 0.15) is 18.1 Å². The Bertz CT molecular complexity index is 1430. The number of para-hydroxylation sites is 1. The van der Waals surface area contributed by atoms with Gasteiger partial charge in [0.15, 0.2) is 0 Å². The molecule has 1 saturated heterocycles. The van der Waals surface area contributed by atoms with E-state index in [0.717, 1.165) is 30.7 Å². The van der Waals surface area contributed by atoms with E-state index < -0.39 is 23.5 Å². The first-order chi connectivity index (χ1) is 20.5. The van der Waals surface area contributed by atoms with Gasteiger partial charge in [-0.3, -0.25) is 19.2 Å². The van der Waals surface area contributed by atoms with Crippen LogP contribution in [0.2, 0.25) is 0 Å². The number of likely N-dealkylation sites (N-methyl/N-ethyl adjacent to an activating group) is 1. The average molecular weight is 586 g/mol. The predicted molar refractivity (Wildman–Crippen MR) is 159 cm³/mol. The zero-order valence-electron chi connectivity index (χ0n) is 25.7. The number of fused-ring (bicyclic) bond motifs is 3. The normalized spacial score (nSPS) is 37.1. The lowest BCUT2D eigenvalue weighted by Crippen LogP contribution is -2.60. The summed E-state index contributed by atoms with van der Waals surface area (Å²) in [5.74, 6) is 1.47. The molecule has 0 radical (unpaired) electrons. The van der Waals surface area contributed by atoms with Crippen molar-refractivity contribution in [3.8, 4) is 6.07 Å². The Kier molecular flexibility index (Phi) is 6.30. The van der Waals surface area contributed by atoms with E-state index >= 15 is 0 Å². The number of nitriles is 1. The molecule has 1 aromatic rings. The Balaban J connectivity index is 1.10. The standard InChI is InChI=1S/C34H43N5O4/c1-5-38(28(40)20(4)36-30(42)32-13-22-11-21-12-23(14-32)34(21,22)17-32)27(10-19(2)3)29(41)39-18-33(15-24(39)16-35)25-8-6-7-9-26(25)37-31(33)43/h6-9,19-24,27H,5,10-15,17-18H2,1-4H3,(H,36,42)(H,37,43)/t20-,21?,22?,23?,24-,27-,32?,33-,34?/m0/s1. The predicted octanol–water partition coefficient (Wildman–Crippen LogP) is 3.60. The molecular formula is C34H43N5O4. The lowest BCUT2D eigenvalue weighted by Gasteiger charge is -2.66. The maximum atomic E-state index is 14.4. The summed E-state index contributed by atoms with van der Waals surface area (Å²) in [4.78, 5) is 58.5. The SMILES string of the molecule is CCN(C(=O)[C@H](C)NC(=O)C12CC3CC4CC(C1)C43C2)[C@@H](CC(C)C)C(=O)N1C[C@]2(C[C@H]1C#N)C(=O)Nc1ccccc12. The van der Waals surface area contributed by atoms with Gasteiger partial charge in [-0.25, -0.2) is 0 Å². The summed E-state index contributed by atoms with van der Waals surface area (Å²) in [7, 11) is 0. The molecule has 2 heterocycles. The molecule has 9 nitrogen and oxygen atoms in total. The highest BCUT2D eigenvalue weighted by Crippen LogP contribution is 2.84. The van der Waals surface area contributed by atoms with E-state index in [9.17, 15) is 24.4 Å². The van der Waals surface area contributed by atoms with Crippen LogP contribution < -0.4 is 10.6 Å². The largest absolute Gasteiger partial charge is 0.344 e. The number of carbonyl (C=O) groups excluding carboxylic acids is 4. The van der Waals surface area contributed by atoms with E-state index in [1.807, 2.05) is 45.0 Å². The Hall–Kier alpha value is -3.41. The number of amides is 4. The third kappa shape index (κ3) is 3.74. The Labute approximate surface area is 253 Å². The molecule has 228 valence electrons. The first-order valence-electron chi connectivity index (χ1n) is 16.2. The number of likely N-dealkylation sites (tertiary alicyclic amines) is 1. The second kappa shape index (κ2) is 9.54. The lowest BCUT2D eigenvalue weighted by atomic mass is 9.38. The molecule has 6 aliphatic rings. The lowest BCUT2D eigenvalue weighted by molar-refractivity contribution is -0.178. The molecule has 4 amide bonds. The minimum absolute atomic E-state index is 0.00463. The van der Waals surface area contributed by atoms with Gasteiger partial charge in [-0.15, -0.1) is 0 Å². The number of anilines is 1. The molecule has 9 heteroatoms.